The van der Waals surface area contributed by atoms with Gasteiger partial charge in [0, 0.05) is 0 Å². The highest BCUT2D eigenvalue weighted by molar-refractivity contribution is 5.51. The molecule has 0 aliphatic heterocycles. The number of tetrazole rings is 1. The van der Waals surface area contributed by atoms with Crippen LogP contribution >= 0.6 is 0 Å². The summed E-state index contributed by atoms with van der Waals surface area (Å²) in [6, 6.07) is 7.21. The van der Waals surface area contributed by atoms with E-state index in [1.165, 1.54) is 11.0 Å². The minimum atomic E-state index is 0.0400. The van der Waals surface area contributed by atoms with Gasteiger partial charge in [0.15, 0.2) is 0 Å². The van der Waals surface area contributed by atoms with Gasteiger partial charge in [-0.3, -0.25) is 0 Å². The van der Waals surface area contributed by atoms with E-state index in [-0.39, 0.29) is 6.10 Å². The molecule has 0 N–H and O–H groups in total. The first-order chi connectivity index (χ1) is 8.20. The van der Waals surface area contributed by atoms with Crippen molar-refractivity contribution in [2.24, 2.45) is 0 Å². The summed E-state index contributed by atoms with van der Waals surface area (Å²) >= 11 is 0. The fourth-order valence-corrected chi connectivity index (χ4v) is 1.39. The number of benzene rings is 1. The molecule has 1 aromatic heterocycles. The number of rotatable bonds is 3. The van der Waals surface area contributed by atoms with E-state index in [1.54, 1.807) is 18.2 Å². The van der Waals surface area contributed by atoms with E-state index >= 15 is 0 Å². The lowest BCUT2D eigenvalue weighted by molar-refractivity contribution is 0.241. The third-order valence-corrected chi connectivity index (χ3v) is 2.05. The van der Waals surface area contributed by atoms with E-state index in [0.717, 1.165) is 0 Å². The molecule has 0 unspecified atom stereocenters. The Morgan fingerprint density at radius 3 is 2.82 bits per heavy atom. The summed E-state index contributed by atoms with van der Waals surface area (Å²) in [5.74, 6) is 0.645. The zero-order chi connectivity index (χ0) is 12.3. The maximum absolute atomic E-state index is 8.88. The Labute approximate surface area is 98.4 Å². The molecule has 86 valence electrons. The van der Waals surface area contributed by atoms with Crippen molar-refractivity contribution >= 4 is 0 Å². The molecular formula is C11H11N5O. The van der Waals surface area contributed by atoms with Gasteiger partial charge >= 0.3 is 0 Å². The molecule has 2 rings (SSSR count). The van der Waals surface area contributed by atoms with Crippen LogP contribution in [0, 0.1) is 11.3 Å². The molecule has 0 aliphatic rings. The quantitative estimate of drug-likeness (QED) is 0.793. The van der Waals surface area contributed by atoms with Crippen LogP contribution in [-0.4, -0.2) is 26.3 Å². The summed E-state index contributed by atoms with van der Waals surface area (Å²) < 4.78 is 7.11. The molecule has 1 aromatic carbocycles. The Morgan fingerprint density at radius 2 is 2.24 bits per heavy atom. The van der Waals surface area contributed by atoms with Crippen molar-refractivity contribution < 1.29 is 4.74 Å². The van der Waals surface area contributed by atoms with Gasteiger partial charge in [-0.25, -0.2) is 0 Å². The van der Waals surface area contributed by atoms with Crippen LogP contribution in [0.4, 0.5) is 0 Å². The third kappa shape index (κ3) is 2.39. The second-order valence-electron chi connectivity index (χ2n) is 3.72. The normalized spacial score (nSPS) is 10.2. The molecule has 0 radical (unpaired) electrons. The number of nitriles is 1. The molecule has 1 heterocycles. The van der Waals surface area contributed by atoms with Gasteiger partial charge in [0.1, 0.15) is 17.8 Å². The Hall–Kier alpha value is -2.42. The van der Waals surface area contributed by atoms with Crippen molar-refractivity contribution in [2.75, 3.05) is 0 Å². The van der Waals surface area contributed by atoms with Gasteiger partial charge in [-0.05, 0) is 42.5 Å². The highest BCUT2D eigenvalue weighted by atomic mass is 16.5. The van der Waals surface area contributed by atoms with Crippen LogP contribution < -0.4 is 4.74 Å². The van der Waals surface area contributed by atoms with Gasteiger partial charge in [0.05, 0.1) is 17.7 Å². The van der Waals surface area contributed by atoms with Crippen LogP contribution in [0.5, 0.6) is 5.75 Å². The predicted molar refractivity (Wildman–Crippen MR) is 59.6 cm³/mol. The fraction of sp³-hybridized carbons (Fsp3) is 0.273. The average molecular weight is 229 g/mol. The standard InChI is InChI=1S/C11H11N5O/c1-8(2)17-11-4-3-9(6-12)5-10(11)16-7-13-14-15-16/h3-5,7-8H,1-2H3. The van der Waals surface area contributed by atoms with Crippen LogP contribution in [0.3, 0.4) is 0 Å². The summed E-state index contributed by atoms with van der Waals surface area (Å²) in [4.78, 5) is 0. The number of nitrogens with zero attached hydrogens (tertiary/aromatic N) is 5. The largest absolute Gasteiger partial charge is 0.489 e. The van der Waals surface area contributed by atoms with Gasteiger partial charge in [-0.1, -0.05) is 0 Å². The molecule has 2 aromatic rings. The monoisotopic (exact) mass is 229 g/mol. The first kappa shape index (κ1) is 11.1. The minimum absolute atomic E-state index is 0.0400. The van der Waals surface area contributed by atoms with Crippen molar-refractivity contribution in [3.8, 4) is 17.5 Å². The van der Waals surface area contributed by atoms with Gasteiger partial charge < -0.3 is 4.74 Å². The van der Waals surface area contributed by atoms with Crippen LogP contribution in [0.1, 0.15) is 19.4 Å². The Morgan fingerprint density at radius 1 is 1.41 bits per heavy atom. The summed E-state index contributed by atoms with van der Waals surface area (Å²) in [6.45, 7) is 3.86. The first-order valence-corrected chi connectivity index (χ1v) is 5.15. The van der Waals surface area contributed by atoms with E-state index in [1.807, 2.05) is 13.8 Å². The highest BCUT2D eigenvalue weighted by Crippen LogP contribution is 2.24. The average Bonchev–Trinajstić information content (AvgIpc) is 2.82. The van der Waals surface area contributed by atoms with Crippen molar-refractivity contribution in [1.82, 2.24) is 20.2 Å². The van der Waals surface area contributed by atoms with E-state index in [4.69, 9.17) is 10.00 Å². The van der Waals surface area contributed by atoms with E-state index in [0.29, 0.717) is 17.0 Å². The van der Waals surface area contributed by atoms with E-state index in [2.05, 4.69) is 21.6 Å². The third-order valence-electron chi connectivity index (χ3n) is 2.05. The smallest absolute Gasteiger partial charge is 0.145 e. The Balaban J connectivity index is 2.49. The maximum atomic E-state index is 8.88. The zero-order valence-corrected chi connectivity index (χ0v) is 9.53. The fourth-order valence-electron chi connectivity index (χ4n) is 1.39. The van der Waals surface area contributed by atoms with Crippen molar-refractivity contribution in [1.29, 1.82) is 5.26 Å². The van der Waals surface area contributed by atoms with Gasteiger partial charge in [-0.15, -0.1) is 5.10 Å². The predicted octanol–water partition coefficient (Wildman–Crippen LogP) is 1.32. The molecule has 0 aliphatic carbocycles. The lowest BCUT2D eigenvalue weighted by Gasteiger charge is -2.13. The minimum Gasteiger partial charge on any atom is -0.489 e. The molecule has 6 nitrogen and oxygen atoms in total. The summed E-state index contributed by atoms with van der Waals surface area (Å²) in [5, 5.41) is 19.8. The molecule has 0 spiro atoms. The lowest BCUT2D eigenvalue weighted by Crippen LogP contribution is -2.09. The van der Waals surface area contributed by atoms with Gasteiger partial charge in [-0.2, -0.15) is 9.94 Å². The van der Waals surface area contributed by atoms with Crippen LogP contribution in [0.15, 0.2) is 24.5 Å². The summed E-state index contributed by atoms with van der Waals surface area (Å²) in [7, 11) is 0. The summed E-state index contributed by atoms with van der Waals surface area (Å²) in [5.41, 5.74) is 1.19. The number of aromatic nitrogens is 4. The number of ether oxygens (including phenoxy) is 1. The molecule has 0 saturated carbocycles. The van der Waals surface area contributed by atoms with Crippen molar-refractivity contribution in [3.63, 3.8) is 0 Å². The van der Waals surface area contributed by atoms with E-state index in [9.17, 15) is 0 Å². The molecular weight excluding hydrogens is 218 g/mol. The highest BCUT2D eigenvalue weighted by Gasteiger charge is 2.10. The molecule has 6 heteroatoms. The number of hydrogen-bond acceptors (Lipinski definition) is 5. The van der Waals surface area contributed by atoms with Gasteiger partial charge in [0.25, 0.3) is 0 Å². The molecule has 0 amide bonds. The molecule has 0 atom stereocenters. The van der Waals surface area contributed by atoms with Gasteiger partial charge in [0.2, 0.25) is 0 Å². The zero-order valence-electron chi connectivity index (χ0n) is 9.53. The molecule has 0 saturated heterocycles. The first-order valence-electron chi connectivity index (χ1n) is 5.15. The second-order valence-corrected chi connectivity index (χ2v) is 3.72. The summed E-state index contributed by atoms with van der Waals surface area (Å²) in [6.07, 6.45) is 1.50. The Kier molecular flexibility index (Phi) is 3.01. The molecule has 0 bridgehead atoms. The van der Waals surface area contributed by atoms with E-state index < -0.39 is 0 Å². The topological polar surface area (TPSA) is 76.6 Å². The maximum Gasteiger partial charge on any atom is 0.145 e. The van der Waals surface area contributed by atoms with Crippen LogP contribution in [0.2, 0.25) is 0 Å². The van der Waals surface area contributed by atoms with Crippen molar-refractivity contribution in [2.45, 2.75) is 20.0 Å². The van der Waals surface area contributed by atoms with Crippen LogP contribution in [0.25, 0.3) is 5.69 Å². The molecule has 17 heavy (non-hydrogen) atoms. The Bertz CT molecular complexity index is 541. The number of hydrogen-bond donors (Lipinski definition) is 0. The molecule has 0 fully saturated rings. The van der Waals surface area contributed by atoms with Crippen LogP contribution in [-0.2, 0) is 0 Å². The van der Waals surface area contributed by atoms with Crippen molar-refractivity contribution in [3.05, 3.63) is 30.1 Å². The second kappa shape index (κ2) is 4.61. The SMILES string of the molecule is CC(C)Oc1ccc(C#N)cc1-n1cnnn1. The lowest BCUT2D eigenvalue weighted by atomic mass is 10.2.